The molecule has 0 spiro atoms. The third-order valence-electron chi connectivity index (χ3n) is 12.6. The van der Waals surface area contributed by atoms with Crippen molar-refractivity contribution in [1.82, 2.24) is 5.32 Å². The lowest BCUT2D eigenvalue weighted by Gasteiger charge is -2.18. The van der Waals surface area contributed by atoms with Crippen molar-refractivity contribution in [3.8, 4) is 0 Å². The zero-order valence-electron chi connectivity index (χ0n) is 44.8. The Morgan fingerprint density at radius 3 is 1.21 bits per heavy atom. The van der Waals surface area contributed by atoms with E-state index in [1.54, 1.807) is 0 Å². The van der Waals surface area contributed by atoms with Crippen molar-refractivity contribution >= 4 is 25.7 Å². The number of ether oxygens (including phenoxy) is 1. The molecule has 0 rings (SSSR count). The highest BCUT2D eigenvalue weighted by Crippen LogP contribution is 2.43. The van der Waals surface area contributed by atoms with Gasteiger partial charge < -0.3 is 25.2 Å². The van der Waals surface area contributed by atoms with Crippen molar-refractivity contribution in [1.29, 1.82) is 0 Å². The predicted molar refractivity (Wildman–Crippen MR) is 291 cm³/mol. The molecule has 0 aliphatic carbocycles. The Morgan fingerprint density at radius 2 is 0.786 bits per heavy atom. The number of allylic oxidation sites excluding steroid dienone is 8. The number of rotatable bonds is 54. The number of hydrogen-bond acceptors (Lipinski definition) is 8. The van der Waals surface area contributed by atoms with Crippen molar-refractivity contribution in [2.24, 2.45) is 0 Å². The number of carbonyl (C=O) groups is 3. The minimum absolute atomic E-state index is 0.146. The van der Waals surface area contributed by atoms with Crippen LogP contribution in [-0.2, 0) is 32.7 Å². The molecule has 0 aromatic heterocycles. The molecule has 12 heteroatoms. The van der Waals surface area contributed by atoms with Crippen LogP contribution in [0.1, 0.15) is 271 Å². The van der Waals surface area contributed by atoms with Crippen LogP contribution in [0.25, 0.3) is 0 Å². The van der Waals surface area contributed by atoms with Crippen molar-refractivity contribution in [3.05, 3.63) is 48.6 Å². The number of hydrogen-bond donors (Lipinski definition) is 4. The molecule has 408 valence electrons. The van der Waals surface area contributed by atoms with Gasteiger partial charge in [0.2, 0.25) is 5.91 Å². The van der Waals surface area contributed by atoms with E-state index in [-0.39, 0.29) is 12.8 Å². The van der Waals surface area contributed by atoms with E-state index in [0.717, 1.165) is 57.8 Å². The number of carboxylic acid groups (broad SMARTS) is 1. The normalized spacial score (nSPS) is 13.8. The first-order valence-electron chi connectivity index (χ1n) is 28.7. The first kappa shape index (κ1) is 67.4. The fourth-order valence-corrected chi connectivity index (χ4v) is 8.92. The predicted octanol–water partition coefficient (Wildman–Crippen LogP) is 16.5. The topological polar surface area (TPSA) is 169 Å². The Balaban J connectivity index is 3.77. The summed E-state index contributed by atoms with van der Waals surface area (Å²) in [6, 6.07) is -1.55. The van der Waals surface area contributed by atoms with Crippen molar-refractivity contribution in [2.75, 3.05) is 19.8 Å². The largest absolute Gasteiger partial charge is 0.480 e. The van der Waals surface area contributed by atoms with E-state index in [1.807, 2.05) is 0 Å². The average molecular weight is 1010 g/mol. The second-order valence-electron chi connectivity index (χ2n) is 19.5. The number of esters is 1. The maximum atomic E-state index is 12.4. The molecule has 0 aliphatic rings. The molecule has 0 fully saturated rings. The van der Waals surface area contributed by atoms with E-state index in [9.17, 15) is 34.1 Å². The number of phosphoric ester groups is 1. The fourth-order valence-electron chi connectivity index (χ4n) is 8.14. The van der Waals surface area contributed by atoms with E-state index in [4.69, 9.17) is 13.8 Å². The van der Waals surface area contributed by atoms with Gasteiger partial charge in [-0.05, 0) is 77.0 Å². The number of carbonyl (C=O) groups excluding carboxylic acids is 2. The fraction of sp³-hybridized carbons (Fsp3) is 0.810. The van der Waals surface area contributed by atoms with Gasteiger partial charge in [0.1, 0.15) is 12.7 Å². The van der Waals surface area contributed by atoms with Crippen molar-refractivity contribution in [3.63, 3.8) is 0 Å². The molecular formula is C58H106NO10P. The summed E-state index contributed by atoms with van der Waals surface area (Å²) in [6.07, 6.45) is 62.7. The standard InChI is InChI=1S/C58H106NO10P/c1-3-5-7-9-11-13-15-17-19-21-23-25-27-29-31-33-35-37-39-41-43-45-47-49-56(61)59-55(58(63)64)53-69-70(65,66)68-52-54(60)51-67-57(62)50-48-46-44-42-40-38-36-34-32-30-28-26-24-22-20-18-16-14-12-10-8-6-4-2/h12,14,17-20,24,26,54-55,60H,3-11,13,15-16,21-23,25,27-53H2,1-2H3,(H,59,61)(H,63,64)(H,65,66)/b14-12-,19-17+,20-18-,26-24-. The molecule has 1 amide bonds. The van der Waals surface area contributed by atoms with Gasteiger partial charge >= 0.3 is 19.8 Å². The molecule has 0 aromatic rings. The van der Waals surface area contributed by atoms with Crippen molar-refractivity contribution < 1.29 is 47.8 Å². The van der Waals surface area contributed by atoms with E-state index >= 15 is 0 Å². The summed E-state index contributed by atoms with van der Waals surface area (Å²) in [5, 5.41) is 22.0. The number of phosphoric acid groups is 1. The molecule has 11 nitrogen and oxygen atoms in total. The highest BCUT2D eigenvalue weighted by atomic mass is 31.2. The molecule has 0 saturated carbocycles. The number of aliphatic hydroxyl groups excluding tert-OH is 1. The third-order valence-corrected chi connectivity index (χ3v) is 13.5. The molecule has 70 heavy (non-hydrogen) atoms. The zero-order valence-corrected chi connectivity index (χ0v) is 45.7. The van der Waals surface area contributed by atoms with Crippen LogP contribution in [0.15, 0.2) is 48.6 Å². The molecule has 0 aromatic carbocycles. The van der Waals surface area contributed by atoms with Crippen LogP contribution < -0.4 is 5.32 Å². The first-order valence-corrected chi connectivity index (χ1v) is 30.2. The molecule has 4 N–H and O–H groups in total. The van der Waals surface area contributed by atoms with Crippen LogP contribution in [0.5, 0.6) is 0 Å². The Kier molecular flexibility index (Phi) is 50.8. The van der Waals surface area contributed by atoms with E-state index in [0.29, 0.717) is 12.8 Å². The number of unbranched alkanes of at least 4 members (excludes halogenated alkanes) is 32. The van der Waals surface area contributed by atoms with Gasteiger partial charge in [-0.2, -0.15) is 0 Å². The molecule has 0 heterocycles. The maximum absolute atomic E-state index is 12.4. The minimum atomic E-state index is -4.77. The highest BCUT2D eigenvalue weighted by Gasteiger charge is 2.28. The SMILES string of the molecule is CCCCC/C=C\C/C=C\C/C=C\CCCCCCCCCCCCC(=O)OCC(O)COP(=O)(O)OCC(NC(=O)CCCCCCCCCCCCCCC/C=C/CCCCCCCC)C(=O)O. The Bertz CT molecular complexity index is 1370. The lowest BCUT2D eigenvalue weighted by Crippen LogP contribution is -2.43. The monoisotopic (exact) mass is 1010 g/mol. The molecule has 0 saturated heterocycles. The van der Waals surface area contributed by atoms with Gasteiger partial charge in [-0.25, -0.2) is 9.36 Å². The summed E-state index contributed by atoms with van der Waals surface area (Å²) in [7, 11) is -4.77. The zero-order chi connectivity index (χ0) is 51.3. The van der Waals surface area contributed by atoms with Crippen LogP contribution in [0.2, 0.25) is 0 Å². The molecular weight excluding hydrogens is 902 g/mol. The van der Waals surface area contributed by atoms with Gasteiger partial charge in [0.15, 0.2) is 6.04 Å². The Labute approximate surface area is 428 Å². The highest BCUT2D eigenvalue weighted by molar-refractivity contribution is 7.47. The molecule has 0 bridgehead atoms. The second kappa shape index (κ2) is 52.8. The Morgan fingerprint density at radius 1 is 0.457 bits per heavy atom. The summed E-state index contributed by atoms with van der Waals surface area (Å²) < 4.78 is 27.0. The quantitative estimate of drug-likeness (QED) is 0.0199. The summed E-state index contributed by atoms with van der Waals surface area (Å²) in [5.41, 5.74) is 0. The summed E-state index contributed by atoms with van der Waals surface area (Å²) in [6.45, 7) is 2.61. The van der Waals surface area contributed by atoms with Crippen LogP contribution >= 0.6 is 7.82 Å². The van der Waals surface area contributed by atoms with Gasteiger partial charge in [0.25, 0.3) is 0 Å². The molecule has 3 atom stereocenters. The van der Waals surface area contributed by atoms with Crippen LogP contribution in [0.3, 0.4) is 0 Å². The summed E-state index contributed by atoms with van der Waals surface area (Å²) >= 11 is 0. The lowest BCUT2D eigenvalue weighted by atomic mass is 10.0. The number of carboxylic acids is 1. The van der Waals surface area contributed by atoms with Crippen molar-refractivity contribution in [2.45, 2.75) is 283 Å². The van der Waals surface area contributed by atoms with Gasteiger partial charge in [-0.1, -0.05) is 229 Å². The van der Waals surface area contributed by atoms with Gasteiger partial charge in [0.05, 0.1) is 13.2 Å². The lowest BCUT2D eigenvalue weighted by molar-refractivity contribution is -0.147. The van der Waals surface area contributed by atoms with Gasteiger partial charge in [0, 0.05) is 12.8 Å². The third kappa shape index (κ3) is 51.8. The van der Waals surface area contributed by atoms with Crippen LogP contribution in [0.4, 0.5) is 0 Å². The molecule has 0 radical (unpaired) electrons. The first-order chi connectivity index (χ1) is 34.1. The molecule has 3 unspecified atom stereocenters. The second-order valence-corrected chi connectivity index (χ2v) is 20.9. The minimum Gasteiger partial charge on any atom is -0.480 e. The smallest absolute Gasteiger partial charge is 0.472 e. The van der Waals surface area contributed by atoms with Crippen LogP contribution in [0, 0.1) is 0 Å². The number of amides is 1. The number of aliphatic carboxylic acids is 1. The van der Waals surface area contributed by atoms with E-state index in [1.165, 1.54) is 173 Å². The van der Waals surface area contributed by atoms with E-state index < -0.39 is 57.6 Å². The van der Waals surface area contributed by atoms with Gasteiger partial charge in [-0.15, -0.1) is 0 Å². The summed E-state index contributed by atoms with van der Waals surface area (Å²) in [5.74, 6) is -2.36. The Hall–Kier alpha value is -2.56. The van der Waals surface area contributed by atoms with Gasteiger partial charge in [-0.3, -0.25) is 18.6 Å². The van der Waals surface area contributed by atoms with E-state index in [2.05, 4.69) is 67.8 Å². The van der Waals surface area contributed by atoms with Crippen LogP contribution in [-0.4, -0.2) is 64.9 Å². The summed E-state index contributed by atoms with van der Waals surface area (Å²) in [4.78, 5) is 46.3. The number of nitrogens with one attached hydrogen (secondary N) is 1. The average Bonchev–Trinajstić information content (AvgIpc) is 3.34. The maximum Gasteiger partial charge on any atom is 0.472 e. The number of aliphatic hydroxyl groups is 1. The molecule has 0 aliphatic heterocycles.